The summed E-state index contributed by atoms with van der Waals surface area (Å²) in [5, 5.41) is 0. The molecular formula is C27H40O6. The maximum absolute atomic E-state index is 11.8. The molecule has 0 fully saturated rings. The molecule has 0 aliphatic heterocycles. The van der Waals surface area contributed by atoms with Gasteiger partial charge in [-0.25, -0.2) is 4.79 Å². The van der Waals surface area contributed by atoms with Crippen molar-refractivity contribution >= 4 is 17.9 Å². The third kappa shape index (κ3) is 23.6. The number of rotatable bonds is 18. The van der Waals surface area contributed by atoms with Crippen molar-refractivity contribution in [3.8, 4) is 0 Å². The average molecular weight is 461 g/mol. The van der Waals surface area contributed by atoms with Crippen LogP contribution in [0.3, 0.4) is 0 Å². The van der Waals surface area contributed by atoms with Crippen LogP contribution in [0.15, 0.2) is 60.8 Å². The van der Waals surface area contributed by atoms with Crippen LogP contribution in [0.2, 0.25) is 0 Å². The molecule has 33 heavy (non-hydrogen) atoms. The highest BCUT2D eigenvalue weighted by atomic mass is 16.6. The molecule has 0 aromatic heterocycles. The summed E-state index contributed by atoms with van der Waals surface area (Å²) in [5.41, 5.74) is 0. The molecule has 6 nitrogen and oxygen atoms in total. The van der Waals surface area contributed by atoms with Crippen molar-refractivity contribution in [3.05, 3.63) is 60.8 Å². The maximum Gasteiger partial charge on any atom is 0.331 e. The van der Waals surface area contributed by atoms with Crippen molar-refractivity contribution in [3.63, 3.8) is 0 Å². The van der Waals surface area contributed by atoms with E-state index >= 15 is 0 Å². The summed E-state index contributed by atoms with van der Waals surface area (Å²) in [6.07, 6.45) is 27.7. The fourth-order valence-corrected chi connectivity index (χ4v) is 2.65. The number of carbonyl (C=O) groups is 3. The van der Waals surface area contributed by atoms with Gasteiger partial charge in [0, 0.05) is 19.9 Å². The third-order valence-electron chi connectivity index (χ3n) is 4.35. The van der Waals surface area contributed by atoms with Gasteiger partial charge in [0.1, 0.15) is 13.2 Å². The van der Waals surface area contributed by atoms with Crippen molar-refractivity contribution < 1.29 is 28.6 Å². The average Bonchev–Trinajstić information content (AvgIpc) is 2.77. The van der Waals surface area contributed by atoms with Crippen LogP contribution in [0, 0.1) is 0 Å². The minimum Gasteiger partial charge on any atom is -0.462 e. The molecule has 0 saturated heterocycles. The molecule has 184 valence electrons. The molecule has 0 amide bonds. The van der Waals surface area contributed by atoms with E-state index in [1.54, 1.807) is 12.2 Å². The third-order valence-corrected chi connectivity index (χ3v) is 4.35. The first-order valence-corrected chi connectivity index (χ1v) is 11.8. The minimum atomic E-state index is -0.859. The first-order chi connectivity index (χ1) is 16.0. The second-order valence-electron chi connectivity index (χ2n) is 7.52. The topological polar surface area (TPSA) is 78.9 Å². The molecule has 0 unspecified atom stereocenters. The van der Waals surface area contributed by atoms with Gasteiger partial charge >= 0.3 is 17.9 Å². The zero-order valence-corrected chi connectivity index (χ0v) is 20.4. The summed E-state index contributed by atoms with van der Waals surface area (Å²) in [6.45, 7) is 4.36. The van der Waals surface area contributed by atoms with Gasteiger partial charge in [0.2, 0.25) is 0 Å². The van der Waals surface area contributed by atoms with E-state index in [0.717, 1.165) is 6.42 Å². The van der Waals surface area contributed by atoms with E-state index in [0.29, 0.717) is 0 Å². The summed E-state index contributed by atoms with van der Waals surface area (Å²) in [6, 6.07) is 0. The van der Waals surface area contributed by atoms with Crippen molar-refractivity contribution in [1.82, 2.24) is 0 Å². The summed E-state index contributed by atoms with van der Waals surface area (Å²) in [5.74, 6) is -1.65. The van der Waals surface area contributed by atoms with E-state index in [-0.39, 0.29) is 13.2 Å². The highest BCUT2D eigenvalue weighted by Gasteiger charge is 2.16. The van der Waals surface area contributed by atoms with Crippen LogP contribution in [0.1, 0.15) is 72.1 Å². The Morgan fingerprint density at radius 3 is 1.70 bits per heavy atom. The van der Waals surface area contributed by atoms with Crippen LogP contribution in [-0.4, -0.2) is 37.2 Å². The Morgan fingerprint density at radius 1 is 0.667 bits per heavy atom. The van der Waals surface area contributed by atoms with Crippen LogP contribution in [-0.2, 0) is 28.6 Å². The first kappa shape index (κ1) is 30.1. The molecule has 0 rings (SSSR count). The van der Waals surface area contributed by atoms with Crippen molar-refractivity contribution in [2.75, 3.05) is 13.2 Å². The van der Waals surface area contributed by atoms with Crippen LogP contribution >= 0.6 is 0 Å². The Balaban J connectivity index is 4.07. The van der Waals surface area contributed by atoms with Gasteiger partial charge in [-0.05, 0) is 12.8 Å². The Bertz CT molecular complexity index is 667. The predicted molar refractivity (Wildman–Crippen MR) is 131 cm³/mol. The Hall–Kier alpha value is -2.89. The molecule has 0 N–H and O–H groups in total. The van der Waals surface area contributed by atoms with Crippen molar-refractivity contribution in [2.24, 2.45) is 0 Å². The van der Waals surface area contributed by atoms with E-state index in [2.05, 4.69) is 19.1 Å². The SMILES string of the molecule is CCCCCCCCCC=CC=CC=CC=CC=CC(=O)OC(COC(C)=O)COC(C)=O. The molecule has 0 heterocycles. The van der Waals surface area contributed by atoms with Gasteiger partial charge in [-0.15, -0.1) is 0 Å². The number of allylic oxidation sites excluding steroid dienone is 9. The lowest BCUT2D eigenvalue weighted by Crippen LogP contribution is -2.29. The summed E-state index contributed by atoms with van der Waals surface area (Å²) < 4.78 is 14.7. The molecule has 0 radical (unpaired) electrons. The number of hydrogen-bond acceptors (Lipinski definition) is 6. The molecule has 0 atom stereocenters. The van der Waals surface area contributed by atoms with Crippen molar-refractivity contribution in [1.29, 1.82) is 0 Å². The van der Waals surface area contributed by atoms with E-state index in [9.17, 15) is 14.4 Å². The summed E-state index contributed by atoms with van der Waals surface area (Å²) in [4.78, 5) is 33.7. The lowest BCUT2D eigenvalue weighted by atomic mass is 10.1. The second kappa shape index (κ2) is 22.3. The largest absolute Gasteiger partial charge is 0.462 e. The van der Waals surface area contributed by atoms with Gasteiger partial charge in [-0.2, -0.15) is 0 Å². The quantitative estimate of drug-likeness (QED) is 0.0827. The predicted octanol–water partition coefficient (Wildman–Crippen LogP) is 5.95. The standard InChI is InChI=1S/C27H40O6/c1-4-5-6-7-8-9-10-11-12-13-14-15-16-17-18-19-20-21-27(30)33-26(22-31-24(2)28)23-32-25(3)29/h12-21,26H,4-11,22-23H2,1-3H3. The first-order valence-electron chi connectivity index (χ1n) is 11.8. The van der Waals surface area contributed by atoms with Gasteiger partial charge in [-0.1, -0.05) is 100 Å². The lowest BCUT2D eigenvalue weighted by Gasteiger charge is -2.16. The molecule has 0 aliphatic carbocycles. The lowest BCUT2D eigenvalue weighted by molar-refractivity contribution is -0.162. The Kier molecular flexibility index (Phi) is 20.4. The Labute approximate surface area is 199 Å². The summed E-state index contributed by atoms with van der Waals surface area (Å²) in [7, 11) is 0. The van der Waals surface area contributed by atoms with Crippen LogP contribution in [0.25, 0.3) is 0 Å². The zero-order valence-electron chi connectivity index (χ0n) is 20.4. The molecule has 0 saturated carbocycles. The highest BCUT2D eigenvalue weighted by Crippen LogP contribution is 2.08. The van der Waals surface area contributed by atoms with Crippen molar-refractivity contribution in [2.45, 2.75) is 78.2 Å². The normalized spacial score (nSPS) is 12.1. The zero-order chi connectivity index (χ0) is 24.6. The highest BCUT2D eigenvalue weighted by molar-refractivity contribution is 5.82. The smallest absolute Gasteiger partial charge is 0.331 e. The molecule has 0 aliphatic rings. The van der Waals surface area contributed by atoms with Gasteiger partial charge in [-0.3, -0.25) is 9.59 Å². The van der Waals surface area contributed by atoms with Gasteiger partial charge < -0.3 is 14.2 Å². The molecule has 0 spiro atoms. The van der Waals surface area contributed by atoms with Crippen LogP contribution in [0.4, 0.5) is 0 Å². The number of hydrogen-bond donors (Lipinski definition) is 0. The van der Waals surface area contributed by atoms with E-state index in [1.165, 1.54) is 70.9 Å². The molecular weight excluding hydrogens is 420 g/mol. The van der Waals surface area contributed by atoms with E-state index in [4.69, 9.17) is 14.2 Å². The second-order valence-corrected chi connectivity index (χ2v) is 7.52. The fourth-order valence-electron chi connectivity index (χ4n) is 2.65. The van der Waals surface area contributed by atoms with E-state index in [1.807, 2.05) is 24.3 Å². The Morgan fingerprint density at radius 2 is 1.15 bits per heavy atom. The van der Waals surface area contributed by atoms with Gasteiger partial charge in [0.25, 0.3) is 0 Å². The van der Waals surface area contributed by atoms with Gasteiger partial charge in [0.05, 0.1) is 0 Å². The number of unbranched alkanes of at least 4 members (excludes halogenated alkanes) is 7. The molecule has 0 aromatic rings. The van der Waals surface area contributed by atoms with Gasteiger partial charge in [0.15, 0.2) is 6.10 Å². The number of esters is 3. The van der Waals surface area contributed by atoms with E-state index < -0.39 is 24.0 Å². The molecule has 6 heteroatoms. The molecule has 0 bridgehead atoms. The summed E-state index contributed by atoms with van der Waals surface area (Å²) >= 11 is 0. The number of carbonyl (C=O) groups excluding carboxylic acids is 3. The molecule has 0 aromatic carbocycles. The van der Waals surface area contributed by atoms with Crippen LogP contribution in [0.5, 0.6) is 0 Å². The maximum atomic E-state index is 11.8. The number of ether oxygens (including phenoxy) is 3. The minimum absolute atomic E-state index is 0.180. The monoisotopic (exact) mass is 460 g/mol. The fraction of sp³-hybridized carbons (Fsp3) is 0.519. The van der Waals surface area contributed by atoms with Crippen LogP contribution < -0.4 is 0 Å².